The molecular formula is C24H17BrClFN2O2. The Kier molecular flexibility index (Phi) is 7.45. The molecule has 31 heavy (non-hydrogen) atoms. The first kappa shape index (κ1) is 22.5. The Morgan fingerprint density at radius 3 is 2.61 bits per heavy atom. The molecule has 0 fully saturated rings. The molecule has 0 unspecified atom stereocenters. The average Bonchev–Trinajstić information content (AvgIpc) is 2.73. The summed E-state index contributed by atoms with van der Waals surface area (Å²) in [4.78, 5) is 12.5. The lowest BCUT2D eigenvalue weighted by molar-refractivity contribution is -0.112. The van der Waals surface area contributed by atoms with Crippen LogP contribution in [0.2, 0.25) is 5.02 Å². The van der Waals surface area contributed by atoms with Crippen LogP contribution in [0.1, 0.15) is 16.7 Å². The van der Waals surface area contributed by atoms with Gasteiger partial charge in [0.05, 0.1) is 9.50 Å². The van der Waals surface area contributed by atoms with Crippen molar-refractivity contribution in [2.75, 3.05) is 5.32 Å². The summed E-state index contributed by atoms with van der Waals surface area (Å²) < 4.78 is 19.6. The third kappa shape index (κ3) is 6.17. The van der Waals surface area contributed by atoms with Gasteiger partial charge in [0.25, 0.3) is 5.91 Å². The van der Waals surface area contributed by atoms with E-state index in [0.29, 0.717) is 27.0 Å². The number of nitriles is 1. The molecule has 3 aromatic rings. The molecule has 1 amide bonds. The molecule has 0 atom stereocenters. The highest BCUT2D eigenvalue weighted by Gasteiger charge is 2.13. The van der Waals surface area contributed by atoms with Crippen molar-refractivity contribution in [3.05, 3.63) is 98.2 Å². The second-order valence-electron chi connectivity index (χ2n) is 6.72. The normalized spacial score (nSPS) is 11.0. The number of ether oxygens (including phenoxy) is 1. The molecule has 0 aliphatic carbocycles. The van der Waals surface area contributed by atoms with E-state index in [9.17, 15) is 14.4 Å². The maximum Gasteiger partial charge on any atom is 0.266 e. The first-order chi connectivity index (χ1) is 14.9. The molecule has 0 radical (unpaired) electrons. The first-order valence-corrected chi connectivity index (χ1v) is 10.4. The molecule has 0 aliphatic rings. The number of aryl methyl sites for hydroxylation is 1. The summed E-state index contributed by atoms with van der Waals surface area (Å²) in [6.07, 6.45) is 1.44. The standard InChI is InChI=1S/C24H17BrClFN2O2/c1-15-5-7-20(8-6-15)29-24(30)18(13-28)9-17-11-21(25)23(22(26)12-17)31-14-16-3-2-4-19(27)10-16/h2-12H,14H2,1H3,(H,29,30)/b18-9-. The number of benzene rings is 3. The van der Waals surface area contributed by atoms with Crippen molar-refractivity contribution in [1.82, 2.24) is 0 Å². The van der Waals surface area contributed by atoms with Crippen molar-refractivity contribution in [1.29, 1.82) is 5.26 Å². The summed E-state index contributed by atoms with van der Waals surface area (Å²) in [5.74, 6) is -0.490. The monoisotopic (exact) mass is 498 g/mol. The molecule has 0 saturated carbocycles. The van der Waals surface area contributed by atoms with Gasteiger partial charge in [-0.05, 0) is 76.5 Å². The number of carbonyl (C=O) groups is 1. The zero-order chi connectivity index (χ0) is 22.4. The van der Waals surface area contributed by atoms with E-state index in [0.717, 1.165) is 5.56 Å². The molecule has 4 nitrogen and oxygen atoms in total. The maximum absolute atomic E-state index is 13.3. The van der Waals surface area contributed by atoms with E-state index >= 15 is 0 Å². The summed E-state index contributed by atoms with van der Waals surface area (Å²) in [5, 5.41) is 12.4. The van der Waals surface area contributed by atoms with Crippen molar-refractivity contribution < 1.29 is 13.9 Å². The number of nitrogens with one attached hydrogen (secondary N) is 1. The van der Waals surface area contributed by atoms with E-state index < -0.39 is 5.91 Å². The summed E-state index contributed by atoms with van der Waals surface area (Å²) >= 11 is 9.74. The molecule has 1 N–H and O–H groups in total. The molecule has 0 bridgehead atoms. The number of hydrogen-bond donors (Lipinski definition) is 1. The Morgan fingerprint density at radius 2 is 1.97 bits per heavy atom. The van der Waals surface area contributed by atoms with Crippen LogP contribution in [-0.4, -0.2) is 5.91 Å². The van der Waals surface area contributed by atoms with E-state index in [2.05, 4.69) is 21.2 Å². The van der Waals surface area contributed by atoms with E-state index in [1.807, 2.05) is 25.1 Å². The molecule has 0 aliphatic heterocycles. The zero-order valence-corrected chi connectivity index (χ0v) is 18.8. The van der Waals surface area contributed by atoms with Gasteiger partial charge in [0, 0.05) is 5.69 Å². The smallest absolute Gasteiger partial charge is 0.266 e. The van der Waals surface area contributed by atoms with E-state index in [1.165, 1.54) is 18.2 Å². The molecule has 3 rings (SSSR count). The third-order valence-electron chi connectivity index (χ3n) is 4.28. The molecule has 156 valence electrons. The van der Waals surface area contributed by atoms with Crippen molar-refractivity contribution in [2.45, 2.75) is 13.5 Å². The average molecular weight is 500 g/mol. The predicted octanol–water partition coefficient (Wildman–Crippen LogP) is 6.67. The van der Waals surface area contributed by atoms with Gasteiger partial charge in [-0.1, -0.05) is 41.4 Å². The number of rotatable bonds is 6. The van der Waals surface area contributed by atoms with Gasteiger partial charge in [0.1, 0.15) is 24.1 Å². The Labute approximate surface area is 193 Å². The highest BCUT2D eigenvalue weighted by atomic mass is 79.9. The minimum Gasteiger partial charge on any atom is -0.486 e. The van der Waals surface area contributed by atoms with Crippen LogP contribution in [0.25, 0.3) is 6.08 Å². The molecular weight excluding hydrogens is 483 g/mol. The quantitative estimate of drug-likeness (QED) is 0.304. The Balaban J connectivity index is 1.76. The van der Waals surface area contributed by atoms with Gasteiger partial charge in [0.2, 0.25) is 0 Å². The second kappa shape index (κ2) is 10.3. The Bertz CT molecular complexity index is 1160. The van der Waals surface area contributed by atoms with Crippen molar-refractivity contribution in [3.8, 4) is 11.8 Å². The van der Waals surface area contributed by atoms with Gasteiger partial charge >= 0.3 is 0 Å². The SMILES string of the molecule is Cc1ccc(NC(=O)/C(C#N)=C\c2cc(Cl)c(OCc3cccc(F)c3)c(Br)c2)cc1. The van der Waals surface area contributed by atoms with Crippen molar-refractivity contribution in [2.24, 2.45) is 0 Å². The van der Waals surface area contributed by atoms with Gasteiger partial charge in [-0.15, -0.1) is 0 Å². The lowest BCUT2D eigenvalue weighted by Crippen LogP contribution is -2.13. The molecule has 0 saturated heterocycles. The van der Waals surface area contributed by atoms with Crippen LogP contribution < -0.4 is 10.1 Å². The van der Waals surface area contributed by atoms with Crippen molar-refractivity contribution >= 4 is 45.2 Å². The van der Waals surface area contributed by atoms with Gasteiger partial charge in [-0.3, -0.25) is 4.79 Å². The van der Waals surface area contributed by atoms with Crippen LogP contribution in [0.4, 0.5) is 10.1 Å². The first-order valence-electron chi connectivity index (χ1n) is 9.22. The fourth-order valence-electron chi connectivity index (χ4n) is 2.73. The molecule has 7 heteroatoms. The van der Waals surface area contributed by atoms with Crippen LogP contribution >= 0.6 is 27.5 Å². The van der Waals surface area contributed by atoms with Crippen LogP contribution in [0.5, 0.6) is 5.75 Å². The van der Waals surface area contributed by atoms with Crippen LogP contribution in [0.15, 0.2) is 70.7 Å². The molecule has 0 aromatic heterocycles. The third-order valence-corrected chi connectivity index (χ3v) is 5.15. The number of halogens is 3. The van der Waals surface area contributed by atoms with E-state index in [-0.39, 0.29) is 23.0 Å². The predicted molar refractivity (Wildman–Crippen MR) is 123 cm³/mol. The van der Waals surface area contributed by atoms with Crippen LogP contribution in [-0.2, 0) is 11.4 Å². The van der Waals surface area contributed by atoms with Crippen molar-refractivity contribution in [3.63, 3.8) is 0 Å². The number of carbonyl (C=O) groups excluding carboxylic acids is 1. The molecule has 3 aromatic carbocycles. The lowest BCUT2D eigenvalue weighted by Gasteiger charge is -2.11. The zero-order valence-electron chi connectivity index (χ0n) is 16.5. The summed E-state index contributed by atoms with van der Waals surface area (Å²) in [5.41, 5.74) is 2.79. The topological polar surface area (TPSA) is 62.1 Å². The Hall–Kier alpha value is -3.14. The number of hydrogen-bond acceptors (Lipinski definition) is 3. The van der Waals surface area contributed by atoms with Crippen LogP contribution in [0, 0.1) is 24.1 Å². The fraction of sp³-hybridized carbons (Fsp3) is 0.0833. The second-order valence-corrected chi connectivity index (χ2v) is 7.98. The number of amides is 1. The lowest BCUT2D eigenvalue weighted by atomic mass is 10.1. The van der Waals surface area contributed by atoms with E-state index in [1.54, 1.807) is 36.4 Å². The maximum atomic E-state index is 13.3. The van der Waals surface area contributed by atoms with Gasteiger partial charge in [-0.2, -0.15) is 5.26 Å². The minimum absolute atomic E-state index is 0.0722. The minimum atomic E-state index is -0.523. The molecule has 0 spiro atoms. The largest absolute Gasteiger partial charge is 0.486 e. The van der Waals surface area contributed by atoms with Gasteiger partial charge < -0.3 is 10.1 Å². The summed E-state index contributed by atoms with van der Waals surface area (Å²) in [7, 11) is 0. The Morgan fingerprint density at radius 1 is 1.23 bits per heavy atom. The highest BCUT2D eigenvalue weighted by Crippen LogP contribution is 2.35. The fourth-order valence-corrected chi connectivity index (χ4v) is 3.72. The number of anilines is 1. The summed E-state index contributed by atoms with van der Waals surface area (Å²) in [6, 6.07) is 18.5. The van der Waals surface area contributed by atoms with Gasteiger partial charge in [-0.25, -0.2) is 4.39 Å². The van der Waals surface area contributed by atoms with Gasteiger partial charge in [0.15, 0.2) is 5.75 Å². The van der Waals surface area contributed by atoms with Crippen LogP contribution in [0.3, 0.4) is 0 Å². The summed E-state index contributed by atoms with van der Waals surface area (Å²) in [6.45, 7) is 2.08. The molecule has 0 heterocycles. The van der Waals surface area contributed by atoms with E-state index in [4.69, 9.17) is 16.3 Å². The highest BCUT2D eigenvalue weighted by molar-refractivity contribution is 9.10. The number of nitrogens with zero attached hydrogens (tertiary/aromatic N) is 1.